The summed E-state index contributed by atoms with van der Waals surface area (Å²) in [5, 5.41) is 4.84. The van der Waals surface area contributed by atoms with E-state index in [2.05, 4.69) is 75.6 Å². The predicted octanol–water partition coefficient (Wildman–Crippen LogP) is 8.37. The van der Waals surface area contributed by atoms with Gasteiger partial charge in [-0.1, -0.05) is 103 Å². The molecule has 0 radical (unpaired) electrons. The van der Waals surface area contributed by atoms with E-state index in [1.807, 2.05) is 91.4 Å². The largest absolute Gasteiger partial charge is 0.256 e. The Morgan fingerprint density at radius 1 is 0.333 bits per heavy atom. The lowest BCUT2D eigenvalue weighted by Gasteiger charge is -2.04. The van der Waals surface area contributed by atoms with Gasteiger partial charge in [-0.2, -0.15) is 0 Å². The van der Waals surface area contributed by atoms with Gasteiger partial charge in [-0.25, -0.2) is 0 Å². The number of rotatable bonds is 1. The van der Waals surface area contributed by atoms with Gasteiger partial charge >= 0.3 is 0 Å². The van der Waals surface area contributed by atoms with E-state index in [0.717, 1.165) is 16.7 Å². The van der Waals surface area contributed by atoms with Gasteiger partial charge in [-0.15, -0.1) is 0 Å². The summed E-state index contributed by atoms with van der Waals surface area (Å²) in [4.78, 5) is 12.8. The molecular weight excluding hydrogens is 438 g/mol. The van der Waals surface area contributed by atoms with Gasteiger partial charge in [-0.05, 0) is 35.7 Å². The van der Waals surface area contributed by atoms with E-state index in [-0.39, 0.29) is 0 Å². The Morgan fingerprint density at radius 2 is 0.833 bits per heavy atom. The van der Waals surface area contributed by atoms with E-state index in [4.69, 9.17) is 0 Å². The molecule has 0 fully saturated rings. The highest BCUT2D eigenvalue weighted by Gasteiger charge is 2.03. The minimum absolute atomic E-state index is 1.05. The van der Waals surface area contributed by atoms with Crippen LogP contribution < -0.4 is 0 Å². The van der Waals surface area contributed by atoms with E-state index in [1.54, 1.807) is 0 Å². The Morgan fingerprint density at radius 3 is 1.44 bits per heavy atom. The van der Waals surface area contributed by atoms with Gasteiger partial charge < -0.3 is 0 Å². The maximum atomic E-state index is 4.48. The van der Waals surface area contributed by atoms with Crippen LogP contribution in [-0.2, 0) is 0 Å². The summed E-state index contributed by atoms with van der Waals surface area (Å²) in [5.74, 6) is 0. The fourth-order valence-corrected chi connectivity index (χ4v) is 3.98. The van der Waals surface area contributed by atoms with Crippen molar-refractivity contribution in [2.45, 2.75) is 0 Å². The van der Waals surface area contributed by atoms with Crippen molar-refractivity contribution >= 4 is 32.6 Å². The molecule has 7 aromatic rings. The summed E-state index contributed by atoms with van der Waals surface area (Å²) in [6, 6.07) is 44.8. The Labute approximate surface area is 210 Å². The molecule has 0 spiro atoms. The molecule has 0 N–H and O–H groups in total. The normalized spacial score (nSPS) is 10.2. The Kier molecular flexibility index (Phi) is 7.31. The fraction of sp³-hybridized carbons (Fsp3) is 0. The van der Waals surface area contributed by atoms with Crippen LogP contribution in [0, 0.1) is 0 Å². The van der Waals surface area contributed by atoms with Crippen molar-refractivity contribution < 1.29 is 0 Å². The third-order valence-corrected chi connectivity index (χ3v) is 5.75. The van der Waals surface area contributed by atoms with Gasteiger partial charge in [0, 0.05) is 40.3 Å². The molecule has 36 heavy (non-hydrogen) atoms. The van der Waals surface area contributed by atoms with Crippen LogP contribution in [0.4, 0.5) is 0 Å². The molecule has 3 aromatic heterocycles. The summed E-state index contributed by atoms with van der Waals surface area (Å²) in [6.45, 7) is 0. The molecule has 172 valence electrons. The van der Waals surface area contributed by atoms with Crippen LogP contribution in [-0.4, -0.2) is 15.0 Å². The summed E-state index contributed by atoms with van der Waals surface area (Å²) >= 11 is 0. The summed E-state index contributed by atoms with van der Waals surface area (Å²) in [7, 11) is 0. The van der Waals surface area contributed by atoms with Gasteiger partial charge in [-0.3, -0.25) is 15.0 Å². The number of benzene rings is 4. The molecule has 3 heterocycles. The molecule has 0 amide bonds. The van der Waals surface area contributed by atoms with Crippen LogP contribution in [0.25, 0.3) is 43.8 Å². The first-order valence-electron chi connectivity index (χ1n) is 11.9. The second kappa shape index (κ2) is 11.5. The molecule has 0 aliphatic heterocycles. The average Bonchev–Trinajstić information content (AvgIpc) is 2.98. The van der Waals surface area contributed by atoms with Gasteiger partial charge in [0.05, 0.1) is 16.7 Å². The minimum atomic E-state index is 1.05. The lowest BCUT2D eigenvalue weighted by atomic mass is 10.0. The van der Waals surface area contributed by atoms with Gasteiger partial charge in [0.25, 0.3) is 0 Å². The zero-order valence-corrected chi connectivity index (χ0v) is 19.8. The summed E-state index contributed by atoms with van der Waals surface area (Å²) < 4.78 is 0. The molecule has 0 aliphatic rings. The summed E-state index contributed by atoms with van der Waals surface area (Å²) in [5.41, 5.74) is 4.34. The zero-order chi connectivity index (χ0) is 24.4. The van der Waals surface area contributed by atoms with Crippen molar-refractivity contribution in [2.75, 3.05) is 0 Å². The molecule has 0 saturated heterocycles. The molecule has 0 bridgehead atoms. The third kappa shape index (κ3) is 5.60. The molecule has 0 atom stereocenters. The fourth-order valence-electron chi connectivity index (χ4n) is 3.98. The number of para-hydroxylation sites is 2. The maximum Gasteiger partial charge on any atom is 0.0780 e. The predicted molar refractivity (Wildman–Crippen MR) is 151 cm³/mol. The molecule has 3 nitrogen and oxygen atoms in total. The average molecular weight is 464 g/mol. The van der Waals surface area contributed by atoms with E-state index in [1.165, 1.54) is 27.1 Å². The van der Waals surface area contributed by atoms with Crippen molar-refractivity contribution in [2.24, 2.45) is 0 Å². The first-order chi connectivity index (χ1) is 17.9. The molecule has 4 aromatic carbocycles. The van der Waals surface area contributed by atoms with Crippen LogP contribution in [0.15, 0.2) is 152 Å². The number of hydrogen-bond donors (Lipinski definition) is 0. The van der Waals surface area contributed by atoms with E-state index in [9.17, 15) is 0 Å². The van der Waals surface area contributed by atoms with Gasteiger partial charge in [0.1, 0.15) is 0 Å². The first-order valence-corrected chi connectivity index (χ1v) is 11.9. The lowest BCUT2D eigenvalue weighted by Crippen LogP contribution is -1.84. The second-order valence-corrected chi connectivity index (χ2v) is 8.14. The number of aromatic nitrogens is 3. The standard InChI is InChI=1S/C15H11N.2C9H7N/c1-2-7-13(8-3-1)15-14-9-5-4-6-12(14)10-11-16-15;2*1-2-6-9-8(4-1)5-3-7-10-9/h1-11H;2*1-7H. The number of nitrogens with zero attached hydrogens (tertiary/aromatic N) is 3. The Hall–Kier alpha value is -4.89. The number of hydrogen-bond acceptors (Lipinski definition) is 3. The highest BCUT2D eigenvalue weighted by Crippen LogP contribution is 2.25. The van der Waals surface area contributed by atoms with E-state index < -0.39 is 0 Å². The molecule has 7 rings (SSSR count). The Bertz CT molecular complexity index is 1490. The second-order valence-electron chi connectivity index (χ2n) is 8.14. The highest BCUT2D eigenvalue weighted by molar-refractivity contribution is 5.94. The Balaban J connectivity index is 0.000000116. The van der Waals surface area contributed by atoms with Gasteiger partial charge in [0.2, 0.25) is 0 Å². The van der Waals surface area contributed by atoms with Gasteiger partial charge in [0.15, 0.2) is 0 Å². The van der Waals surface area contributed by atoms with Crippen LogP contribution >= 0.6 is 0 Å². The summed E-state index contributed by atoms with van der Waals surface area (Å²) in [6.07, 6.45) is 5.48. The SMILES string of the molecule is c1ccc(-c2nccc3ccccc23)cc1.c1ccc2ncccc2c1.c1ccc2ncccc2c1. The van der Waals surface area contributed by atoms with Crippen molar-refractivity contribution in [1.82, 2.24) is 15.0 Å². The van der Waals surface area contributed by atoms with Crippen molar-refractivity contribution in [1.29, 1.82) is 0 Å². The minimum Gasteiger partial charge on any atom is -0.256 e. The highest BCUT2D eigenvalue weighted by atomic mass is 14.7. The van der Waals surface area contributed by atoms with Crippen LogP contribution in [0.3, 0.4) is 0 Å². The molecule has 3 heteroatoms. The van der Waals surface area contributed by atoms with Crippen molar-refractivity contribution in [3.63, 3.8) is 0 Å². The van der Waals surface area contributed by atoms with Crippen LogP contribution in [0.5, 0.6) is 0 Å². The number of pyridine rings is 3. The lowest BCUT2D eigenvalue weighted by molar-refractivity contribution is 1.36. The van der Waals surface area contributed by atoms with Crippen molar-refractivity contribution in [3.05, 3.63) is 152 Å². The molecule has 0 saturated carbocycles. The van der Waals surface area contributed by atoms with Crippen molar-refractivity contribution in [3.8, 4) is 11.3 Å². The third-order valence-electron chi connectivity index (χ3n) is 5.75. The smallest absolute Gasteiger partial charge is 0.0780 e. The molecular formula is C33H25N3. The first kappa shape index (κ1) is 22.9. The molecule has 0 aliphatic carbocycles. The molecule has 0 unspecified atom stereocenters. The zero-order valence-electron chi connectivity index (χ0n) is 19.8. The van der Waals surface area contributed by atoms with Crippen LogP contribution in [0.1, 0.15) is 0 Å². The van der Waals surface area contributed by atoms with E-state index in [0.29, 0.717) is 0 Å². The number of fused-ring (bicyclic) bond motifs is 3. The monoisotopic (exact) mass is 463 g/mol. The quantitative estimate of drug-likeness (QED) is 0.245. The maximum absolute atomic E-state index is 4.48. The van der Waals surface area contributed by atoms with Crippen LogP contribution in [0.2, 0.25) is 0 Å². The van der Waals surface area contributed by atoms with E-state index >= 15 is 0 Å². The topological polar surface area (TPSA) is 38.7 Å².